The molecule has 0 spiro atoms. The van der Waals surface area contributed by atoms with E-state index in [4.69, 9.17) is 19.2 Å². The summed E-state index contributed by atoms with van der Waals surface area (Å²) in [6.07, 6.45) is 0. The third-order valence-electron chi connectivity index (χ3n) is 0. The first-order valence-corrected chi connectivity index (χ1v) is 2.35. The standard InChI is InChI=1S/Bi.H3O4P.V.3H/c;1-5(2,3)4;;;;/h;(H3,1,2,3,4);;;;. The molecule has 0 atom stereocenters. The first-order valence-electron chi connectivity index (χ1n) is 0.783. The smallest absolute Gasteiger partial charge is 0 e. The minimum absolute atomic E-state index is 0. The molecule has 1 radical (unpaired) electrons. The van der Waals surface area contributed by atoms with Gasteiger partial charge in [-0.05, 0) is 0 Å². The van der Waals surface area contributed by atoms with E-state index in [1.54, 1.807) is 0 Å². The minimum Gasteiger partial charge on any atom is 0 e. The summed E-state index contributed by atoms with van der Waals surface area (Å²) >= 11 is 0. The molecule has 0 saturated heterocycles. The van der Waals surface area contributed by atoms with Gasteiger partial charge in [-0.25, -0.2) is 4.57 Å². The number of phosphoric acid groups is 1. The van der Waals surface area contributed by atoms with Gasteiger partial charge in [0.15, 0.2) is 0 Å². The molecule has 3 N–H and O–H groups in total. The molecular weight excluding hydrogens is 355 g/mol. The van der Waals surface area contributed by atoms with E-state index in [1.807, 2.05) is 0 Å². The van der Waals surface area contributed by atoms with Gasteiger partial charge in [0.2, 0.25) is 0 Å². The summed E-state index contributed by atoms with van der Waals surface area (Å²) in [6.45, 7) is 0. The van der Waals surface area contributed by atoms with Gasteiger partial charge in [0.25, 0.3) is 0 Å². The largest absolute Gasteiger partial charge is 0 e. The Labute approximate surface area is 71.6 Å². The van der Waals surface area contributed by atoms with Crippen LogP contribution in [0.25, 0.3) is 0 Å². The van der Waals surface area contributed by atoms with Crippen molar-refractivity contribution in [1.82, 2.24) is 0 Å². The fourth-order valence-electron chi connectivity index (χ4n) is 0. The maximum atomic E-state index is 8.88. The molecule has 0 aliphatic heterocycles. The molecule has 0 fully saturated rings. The Kier molecular flexibility index (Phi) is 12.9. The van der Waals surface area contributed by atoms with E-state index in [1.165, 1.54) is 0 Å². The van der Waals surface area contributed by atoms with Gasteiger partial charge >= 0.3 is 34.0 Å². The molecule has 0 unspecified atom stereocenters. The molecule has 0 amide bonds. The second-order valence-electron chi connectivity index (χ2n) is 0.513. The van der Waals surface area contributed by atoms with Crippen LogP contribution in [0, 0.1) is 0 Å². The molecule has 0 bridgehead atoms. The second kappa shape index (κ2) is 5.71. The van der Waals surface area contributed by atoms with Crippen LogP contribution >= 0.6 is 7.82 Å². The van der Waals surface area contributed by atoms with Crippen molar-refractivity contribution in [3.63, 3.8) is 0 Å². The van der Waals surface area contributed by atoms with Crippen molar-refractivity contribution in [3.05, 3.63) is 0 Å². The van der Waals surface area contributed by atoms with Crippen LogP contribution in [0.2, 0.25) is 0 Å². The Balaban J connectivity index is -0.0000000800. The summed E-state index contributed by atoms with van der Waals surface area (Å²) in [5.41, 5.74) is 0. The maximum Gasteiger partial charge on any atom is 0 e. The van der Waals surface area contributed by atoms with Crippen LogP contribution in [0.15, 0.2) is 0 Å². The zero-order chi connectivity index (χ0) is 4.50. The molecule has 0 aliphatic rings. The summed E-state index contributed by atoms with van der Waals surface area (Å²) in [7, 11) is -4.64. The molecule has 0 aromatic carbocycles. The van der Waals surface area contributed by atoms with Crippen LogP contribution in [-0.4, -0.2) is 40.9 Å². The summed E-state index contributed by atoms with van der Waals surface area (Å²) in [5, 5.41) is 0. The molecular formula is H6BiO4PV. The molecule has 45 valence electrons. The molecule has 0 aromatic rings. The quantitative estimate of drug-likeness (QED) is 0.341. The van der Waals surface area contributed by atoms with Crippen LogP contribution in [0.4, 0.5) is 0 Å². The number of rotatable bonds is 0. The fourth-order valence-corrected chi connectivity index (χ4v) is 0. The van der Waals surface area contributed by atoms with Crippen LogP contribution in [-0.2, 0) is 23.1 Å². The van der Waals surface area contributed by atoms with E-state index >= 15 is 0 Å². The SMILES string of the molecule is O=P(O)(O)O.[BiH3].[V]. The van der Waals surface area contributed by atoms with Crippen molar-refractivity contribution in [1.29, 1.82) is 0 Å². The Morgan fingerprint density at radius 1 is 1.14 bits per heavy atom. The van der Waals surface area contributed by atoms with Crippen molar-refractivity contribution < 1.29 is 37.8 Å². The van der Waals surface area contributed by atoms with Gasteiger partial charge in [-0.3, -0.25) is 0 Å². The zero-order valence-corrected chi connectivity index (χ0v) is 11.1. The van der Waals surface area contributed by atoms with Crippen molar-refractivity contribution in [2.24, 2.45) is 0 Å². The summed E-state index contributed by atoms with van der Waals surface area (Å²) in [6, 6.07) is 0. The predicted molar refractivity (Wildman–Crippen MR) is 24.2 cm³/mol. The molecule has 0 heterocycles. The molecule has 0 aromatic heterocycles. The van der Waals surface area contributed by atoms with Gasteiger partial charge in [0, 0.05) is 18.6 Å². The Bertz CT molecular complexity index is 57.8. The van der Waals surface area contributed by atoms with Crippen molar-refractivity contribution in [2.45, 2.75) is 0 Å². The zero-order valence-electron chi connectivity index (χ0n) is 3.35. The summed E-state index contributed by atoms with van der Waals surface area (Å²) < 4.78 is 8.88. The van der Waals surface area contributed by atoms with Gasteiger partial charge in [-0.15, -0.1) is 0 Å². The number of hydrogen-bond acceptors (Lipinski definition) is 1. The van der Waals surface area contributed by atoms with Crippen LogP contribution in [0.3, 0.4) is 0 Å². The number of hydrogen-bond donors (Lipinski definition) is 3. The van der Waals surface area contributed by atoms with E-state index in [2.05, 4.69) is 0 Å². The van der Waals surface area contributed by atoms with Gasteiger partial charge in [0.1, 0.15) is 0 Å². The van der Waals surface area contributed by atoms with E-state index in [9.17, 15) is 0 Å². The predicted octanol–water partition coefficient (Wildman–Crippen LogP) is -2.12. The van der Waals surface area contributed by atoms with Gasteiger partial charge in [-0.1, -0.05) is 0 Å². The van der Waals surface area contributed by atoms with Crippen LogP contribution in [0.5, 0.6) is 0 Å². The minimum atomic E-state index is -4.64. The topological polar surface area (TPSA) is 77.8 Å². The van der Waals surface area contributed by atoms with Gasteiger partial charge < -0.3 is 14.7 Å². The second-order valence-corrected chi connectivity index (χ2v) is 1.54. The van der Waals surface area contributed by atoms with E-state index in [-0.39, 0.29) is 44.8 Å². The molecule has 7 heteroatoms. The van der Waals surface area contributed by atoms with Crippen molar-refractivity contribution >= 4 is 34.0 Å². The summed E-state index contributed by atoms with van der Waals surface area (Å²) in [4.78, 5) is 21.6. The van der Waals surface area contributed by atoms with Gasteiger partial charge in [0.05, 0.1) is 0 Å². The third kappa shape index (κ3) is 94.7. The van der Waals surface area contributed by atoms with Gasteiger partial charge in [-0.2, -0.15) is 0 Å². The normalized spacial score (nSPS) is 8.43. The Hall–Kier alpha value is 1.58. The molecule has 4 nitrogen and oxygen atoms in total. The maximum absolute atomic E-state index is 8.88. The molecule has 0 rings (SSSR count). The fraction of sp³-hybridized carbons (Fsp3) is 0. The Morgan fingerprint density at radius 3 is 1.14 bits per heavy atom. The Morgan fingerprint density at radius 2 is 1.14 bits per heavy atom. The van der Waals surface area contributed by atoms with Crippen LogP contribution in [0.1, 0.15) is 0 Å². The monoisotopic (exact) mass is 361 g/mol. The van der Waals surface area contributed by atoms with Crippen molar-refractivity contribution in [2.75, 3.05) is 0 Å². The first-order chi connectivity index (χ1) is 2.00. The van der Waals surface area contributed by atoms with Crippen molar-refractivity contribution in [3.8, 4) is 0 Å². The third-order valence-corrected chi connectivity index (χ3v) is 0. The van der Waals surface area contributed by atoms with Crippen LogP contribution < -0.4 is 0 Å². The van der Waals surface area contributed by atoms with E-state index < -0.39 is 7.82 Å². The van der Waals surface area contributed by atoms with E-state index in [0.29, 0.717) is 0 Å². The average Bonchev–Trinajstić information content (AvgIpc) is 0.722. The molecule has 0 saturated carbocycles. The molecule has 0 aliphatic carbocycles. The summed E-state index contributed by atoms with van der Waals surface area (Å²) in [5.74, 6) is 0. The van der Waals surface area contributed by atoms with E-state index in [0.717, 1.165) is 0 Å². The molecule has 7 heavy (non-hydrogen) atoms. The average molecular weight is 361 g/mol. The first kappa shape index (κ1) is 15.8.